The van der Waals surface area contributed by atoms with E-state index in [9.17, 15) is 4.79 Å². The Labute approximate surface area is 133 Å². The molecule has 1 atom stereocenters. The van der Waals surface area contributed by atoms with Gasteiger partial charge in [-0.15, -0.1) is 0 Å². The monoisotopic (exact) mass is 315 g/mol. The highest BCUT2D eigenvalue weighted by atomic mass is 16.7. The van der Waals surface area contributed by atoms with Crippen LogP contribution in [0.4, 0.5) is 0 Å². The molecule has 0 saturated carbocycles. The van der Waals surface area contributed by atoms with Gasteiger partial charge in [-0.25, -0.2) is 4.98 Å². The summed E-state index contributed by atoms with van der Waals surface area (Å²) in [5.74, 6) is 2.00. The molecule has 1 amide bonds. The molecule has 0 radical (unpaired) electrons. The summed E-state index contributed by atoms with van der Waals surface area (Å²) in [6.45, 7) is 3.66. The minimum Gasteiger partial charge on any atom is -0.454 e. The Morgan fingerprint density at radius 1 is 1.35 bits per heavy atom. The van der Waals surface area contributed by atoms with E-state index >= 15 is 0 Å². The first-order valence-electron chi connectivity index (χ1n) is 7.53. The summed E-state index contributed by atoms with van der Waals surface area (Å²) in [6, 6.07) is 5.26. The van der Waals surface area contributed by atoms with Gasteiger partial charge in [-0.2, -0.15) is 0 Å². The maximum atomic E-state index is 12.7. The van der Waals surface area contributed by atoms with Crippen molar-refractivity contribution in [3.63, 3.8) is 0 Å². The first-order chi connectivity index (χ1) is 11.2. The summed E-state index contributed by atoms with van der Waals surface area (Å²) in [5.41, 5.74) is 1.56. The molecule has 0 spiro atoms. The molecule has 1 aromatic carbocycles. The van der Waals surface area contributed by atoms with Crippen LogP contribution in [-0.2, 0) is 4.74 Å². The highest BCUT2D eigenvalue weighted by Gasteiger charge is 2.28. The number of benzene rings is 1. The zero-order valence-electron chi connectivity index (χ0n) is 12.7. The smallest absolute Gasteiger partial charge is 0.254 e. The molecule has 1 aromatic heterocycles. The second kappa shape index (κ2) is 5.58. The summed E-state index contributed by atoms with van der Waals surface area (Å²) < 4.78 is 16.3. The standard InChI is InChI=1S/C16H17N3O4/c1-10-7-17-15(18-10)14-8-19(4-5-21-14)16(20)11-2-3-12-13(6-11)23-9-22-12/h2-3,6-7,14H,4-5,8-9H2,1H3,(H,17,18). The first kappa shape index (κ1) is 14.1. The maximum Gasteiger partial charge on any atom is 0.254 e. The van der Waals surface area contributed by atoms with Crippen molar-refractivity contribution in [3.8, 4) is 11.5 Å². The fourth-order valence-electron chi connectivity index (χ4n) is 2.81. The summed E-state index contributed by atoms with van der Waals surface area (Å²) in [6.07, 6.45) is 1.53. The third-order valence-electron chi connectivity index (χ3n) is 4.00. The molecule has 2 aromatic rings. The van der Waals surface area contributed by atoms with E-state index in [-0.39, 0.29) is 18.8 Å². The highest BCUT2D eigenvalue weighted by molar-refractivity contribution is 5.95. The lowest BCUT2D eigenvalue weighted by Gasteiger charge is -2.32. The Kier molecular flexibility index (Phi) is 3.42. The summed E-state index contributed by atoms with van der Waals surface area (Å²) in [5, 5.41) is 0. The predicted octanol–water partition coefficient (Wildman–Crippen LogP) is 1.66. The van der Waals surface area contributed by atoms with Crippen LogP contribution in [0, 0.1) is 6.92 Å². The molecular weight excluding hydrogens is 298 g/mol. The van der Waals surface area contributed by atoms with Crippen LogP contribution in [0.25, 0.3) is 0 Å². The van der Waals surface area contributed by atoms with E-state index in [0.717, 1.165) is 11.5 Å². The molecule has 1 N–H and O–H groups in total. The second-order valence-corrected chi connectivity index (χ2v) is 5.63. The number of amides is 1. The molecule has 0 bridgehead atoms. The SMILES string of the molecule is Cc1cnc(C2CN(C(=O)c3ccc4c(c3)OCO4)CCO2)[nH]1. The highest BCUT2D eigenvalue weighted by Crippen LogP contribution is 2.33. The lowest BCUT2D eigenvalue weighted by Crippen LogP contribution is -2.42. The third kappa shape index (κ3) is 2.63. The predicted molar refractivity (Wildman–Crippen MR) is 80.5 cm³/mol. The van der Waals surface area contributed by atoms with E-state index in [1.165, 1.54) is 0 Å². The van der Waals surface area contributed by atoms with Gasteiger partial charge < -0.3 is 24.1 Å². The van der Waals surface area contributed by atoms with Crippen molar-refractivity contribution in [2.45, 2.75) is 13.0 Å². The molecule has 1 fully saturated rings. The van der Waals surface area contributed by atoms with Crippen molar-refractivity contribution >= 4 is 5.91 Å². The van der Waals surface area contributed by atoms with E-state index in [2.05, 4.69) is 9.97 Å². The van der Waals surface area contributed by atoms with Crippen LogP contribution in [0.3, 0.4) is 0 Å². The van der Waals surface area contributed by atoms with E-state index in [0.29, 0.717) is 36.8 Å². The van der Waals surface area contributed by atoms with Crippen LogP contribution in [0.15, 0.2) is 24.4 Å². The number of carbonyl (C=O) groups is 1. The van der Waals surface area contributed by atoms with Crippen molar-refractivity contribution in [3.05, 3.63) is 41.5 Å². The molecule has 7 nitrogen and oxygen atoms in total. The third-order valence-corrected chi connectivity index (χ3v) is 4.00. The fraction of sp³-hybridized carbons (Fsp3) is 0.375. The van der Waals surface area contributed by atoms with Gasteiger partial charge in [-0.05, 0) is 25.1 Å². The van der Waals surface area contributed by atoms with Gasteiger partial charge in [0.1, 0.15) is 11.9 Å². The normalized spacial score (nSPS) is 19.9. The van der Waals surface area contributed by atoms with Crippen molar-refractivity contribution in [1.29, 1.82) is 0 Å². The number of nitrogens with zero attached hydrogens (tertiary/aromatic N) is 2. The molecule has 2 aliphatic heterocycles. The number of aromatic nitrogens is 2. The molecule has 3 heterocycles. The molecular formula is C16H17N3O4. The van der Waals surface area contributed by atoms with Gasteiger partial charge >= 0.3 is 0 Å². The van der Waals surface area contributed by atoms with Crippen LogP contribution in [-0.4, -0.2) is 47.3 Å². The largest absolute Gasteiger partial charge is 0.454 e. The molecule has 0 aliphatic carbocycles. The van der Waals surface area contributed by atoms with Gasteiger partial charge in [-0.1, -0.05) is 0 Å². The minimum atomic E-state index is -0.226. The number of carbonyl (C=O) groups excluding carboxylic acids is 1. The topological polar surface area (TPSA) is 76.7 Å². The van der Waals surface area contributed by atoms with Gasteiger partial charge in [0.2, 0.25) is 6.79 Å². The van der Waals surface area contributed by atoms with Gasteiger partial charge in [0.15, 0.2) is 11.5 Å². The van der Waals surface area contributed by atoms with Crippen LogP contribution in [0.5, 0.6) is 11.5 Å². The lowest BCUT2D eigenvalue weighted by atomic mass is 10.1. The summed E-state index contributed by atoms with van der Waals surface area (Å²) >= 11 is 0. The molecule has 23 heavy (non-hydrogen) atoms. The number of fused-ring (bicyclic) bond motifs is 1. The molecule has 2 aliphatic rings. The molecule has 1 unspecified atom stereocenters. The number of morpholine rings is 1. The average Bonchev–Trinajstić information content (AvgIpc) is 3.22. The number of H-pyrrole nitrogens is 1. The first-order valence-corrected chi connectivity index (χ1v) is 7.53. The van der Waals surface area contributed by atoms with E-state index < -0.39 is 0 Å². The Morgan fingerprint density at radius 2 is 2.22 bits per heavy atom. The number of ether oxygens (including phenoxy) is 3. The number of aromatic amines is 1. The fourth-order valence-corrected chi connectivity index (χ4v) is 2.81. The zero-order chi connectivity index (χ0) is 15.8. The summed E-state index contributed by atoms with van der Waals surface area (Å²) in [7, 11) is 0. The van der Waals surface area contributed by atoms with Gasteiger partial charge in [0, 0.05) is 24.0 Å². The van der Waals surface area contributed by atoms with Crippen molar-refractivity contribution < 1.29 is 19.0 Å². The zero-order valence-corrected chi connectivity index (χ0v) is 12.7. The number of aryl methyl sites for hydroxylation is 1. The molecule has 1 saturated heterocycles. The van der Waals surface area contributed by atoms with Crippen molar-refractivity contribution in [2.75, 3.05) is 26.5 Å². The number of imidazole rings is 1. The van der Waals surface area contributed by atoms with Crippen LogP contribution < -0.4 is 9.47 Å². The number of nitrogens with one attached hydrogen (secondary N) is 1. The number of hydrogen-bond acceptors (Lipinski definition) is 5. The Morgan fingerprint density at radius 3 is 3.04 bits per heavy atom. The van der Waals surface area contributed by atoms with Gasteiger partial charge in [0.25, 0.3) is 5.91 Å². The molecule has 7 heteroatoms. The van der Waals surface area contributed by atoms with Gasteiger partial charge in [-0.3, -0.25) is 4.79 Å². The quantitative estimate of drug-likeness (QED) is 0.912. The van der Waals surface area contributed by atoms with Crippen LogP contribution in [0.1, 0.15) is 28.0 Å². The maximum absolute atomic E-state index is 12.7. The Hall–Kier alpha value is -2.54. The van der Waals surface area contributed by atoms with E-state index in [1.807, 2.05) is 6.92 Å². The number of hydrogen-bond donors (Lipinski definition) is 1. The van der Waals surface area contributed by atoms with Crippen molar-refractivity contribution in [2.24, 2.45) is 0 Å². The average molecular weight is 315 g/mol. The Balaban J connectivity index is 1.51. The molecule has 4 rings (SSSR count). The van der Waals surface area contributed by atoms with Gasteiger partial charge in [0.05, 0.1) is 13.2 Å². The summed E-state index contributed by atoms with van der Waals surface area (Å²) in [4.78, 5) is 22.0. The van der Waals surface area contributed by atoms with Crippen molar-refractivity contribution in [1.82, 2.24) is 14.9 Å². The van der Waals surface area contributed by atoms with Crippen LogP contribution >= 0.6 is 0 Å². The number of rotatable bonds is 2. The van der Waals surface area contributed by atoms with E-state index in [1.54, 1.807) is 29.3 Å². The van der Waals surface area contributed by atoms with Crippen LogP contribution in [0.2, 0.25) is 0 Å². The molecule has 120 valence electrons. The lowest BCUT2D eigenvalue weighted by molar-refractivity contribution is -0.0264. The van der Waals surface area contributed by atoms with E-state index in [4.69, 9.17) is 14.2 Å². The second-order valence-electron chi connectivity index (χ2n) is 5.63. The minimum absolute atomic E-state index is 0.0418. The Bertz CT molecular complexity index is 743.